The summed E-state index contributed by atoms with van der Waals surface area (Å²) in [6.45, 7) is 2.48. The minimum Gasteiger partial charge on any atom is -0.492 e. The van der Waals surface area contributed by atoms with Crippen LogP contribution in [0.3, 0.4) is 0 Å². The van der Waals surface area contributed by atoms with E-state index in [9.17, 15) is 4.79 Å². The van der Waals surface area contributed by atoms with Crippen molar-refractivity contribution in [2.24, 2.45) is 0 Å². The first-order valence-corrected chi connectivity index (χ1v) is 11.0. The molecule has 4 N–H and O–H groups in total. The average molecular weight is 439 g/mol. The Morgan fingerprint density at radius 1 is 1.39 bits per heavy atom. The van der Waals surface area contributed by atoms with Crippen molar-refractivity contribution in [3.05, 3.63) is 35.1 Å². The van der Waals surface area contributed by atoms with E-state index in [-0.39, 0.29) is 12.6 Å². The number of thiophene rings is 1. The van der Waals surface area contributed by atoms with Gasteiger partial charge in [-0.3, -0.25) is 9.89 Å². The summed E-state index contributed by atoms with van der Waals surface area (Å²) in [5.41, 5.74) is 2.99. The van der Waals surface area contributed by atoms with Gasteiger partial charge >= 0.3 is 5.97 Å². The van der Waals surface area contributed by atoms with Crippen LogP contribution in [0.1, 0.15) is 23.8 Å². The van der Waals surface area contributed by atoms with Crippen LogP contribution in [0.4, 0.5) is 11.5 Å². The van der Waals surface area contributed by atoms with Crippen molar-refractivity contribution >= 4 is 49.9 Å². The van der Waals surface area contributed by atoms with Crippen molar-refractivity contribution in [1.29, 1.82) is 0 Å². The minimum atomic E-state index is -0.834. The van der Waals surface area contributed by atoms with Crippen LogP contribution in [0.15, 0.2) is 24.7 Å². The number of hydrogen-bond donors (Lipinski definition) is 4. The molecule has 0 saturated heterocycles. The van der Waals surface area contributed by atoms with Crippen LogP contribution < -0.4 is 15.4 Å². The summed E-state index contributed by atoms with van der Waals surface area (Å²) >= 11 is 1.66. The number of aromatic nitrogens is 4. The Morgan fingerprint density at radius 3 is 3.13 bits per heavy atom. The first-order chi connectivity index (χ1) is 15.1. The Labute approximate surface area is 181 Å². The highest BCUT2D eigenvalue weighted by Gasteiger charge is 2.25. The Hall–Kier alpha value is -3.24. The second-order valence-corrected chi connectivity index (χ2v) is 8.57. The van der Waals surface area contributed by atoms with Gasteiger partial charge in [0.05, 0.1) is 35.9 Å². The van der Waals surface area contributed by atoms with E-state index in [1.165, 1.54) is 10.4 Å². The van der Waals surface area contributed by atoms with E-state index in [2.05, 4.69) is 30.8 Å². The summed E-state index contributed by atoms with van der Waals surface area (Å²) in [6.07, 6.45) is 5.89. The van der Waals surface area contributed by atoms with E-state index in [1.54, 1.807) is 23.9 Å². The van der Waals surface area contributed by atoms with Gasteiger partial charge in [-0.15, -0.1) is 11.3 Å². The number of ether oxygens (including phenoxy) is 1. The highest BCUT2D eigenvalue weighted by atomic mass is 32.1. The monoisotopic (exact) mass is 438 g/mol. The number of nitrogens with zero attached hydrogens (tertiary/aromatic N) is 3. The number of aryl methyl sites for hydroxylation is 1. The van der Waals surface area contributed by atoms with Crippen molar-refractivity contribution in [3.8, 4) is 5.75 Å². The Morgan fingerprint density at radius 2 is 2.29 bits per heavy atom. The van der Waals surface area contributed by atoms with Crippen LogP contribution in [0.2, 0.25) is 0 Å². The topological polar surface area (TPSA) is 125 Å². The molecule has 10 heteroatoms. The molecule has 1 aromatic carbocycles. The van der Waals surface area contributed by atoms with Gasteiger partial charge in [0.15, 0.2) is 0 Å². The molecule has 1 aliphatic carbocycles. The molecule has 160 valence electrons. The largest absolute Gasteiger partial charge is 0.492 e. The van der Waals surface area contributed by atoms with Gasteiger partial charge in [0.2, 0.25) is 0 Å². The Bertz CT molecular complexity index is 1270. The lowest BCUT2D eigenvalue weighted by atomic mass is 9.93. The smallest absolute Gasteiger partial charge is 0.317 e. The summed E-state index contributed by atoms with van der Waals surface area (Å²) in [7, 11) is 0. The summed E-state index contributed by atoms with van der Waals surface area (Å²) in [5.74, 6) is 0.649. The molecule has 5 rings (SSSR count). The summed E-state index contributed by atoms with van der Waals surface area (Å²) in [4.78, 5) is 22.1. The second-order valence-electron chi connectivity index (χ2n) is 7.48. The van der Waals surface area contributed by atoms with Gasteiger partial charge in [0, 0.05) is 22.4 Å². The molecule has 0 spiro atoms. The van der Waals surface area contributed by atoms with Crippen LogP contribution in [0.25, 0.3) is 21.1 Å². The molecule has 1 aliphatic rings. The highest BCUT2D eigenvalue weighted by Crippen LogP contribution is 2.40. The van der Waals surface area contributed by atoms with Crippen molar-refractivity contribution in [3.63, 3.8) is 0 Å². The van der Waals surface area contributed by atoms with E-state index in [0.717, 1.165) is 57.6 Å². The van der Waals surface area contributed by atoms with Crippen LogP contribution in [0.5, 0.6) is 5.75 Å². The fourth-order valence-electron chi connectivity index (χ4n) is 4.08. The third kappa shape index (κ3) is 3.79. The standard InChI is InChI=1S/C21H22N6O3S/c1-2-30-16-7-14-11(8-25-27-14)5-15(16)26-20-19-13-4-3-12(22-9-18(28)29)6-17(13)31-21(19)24-10-23-20/h5,7-8,10,12,22H,2-4,6,9H2,1H3,(H,25,27)(H,28,29)(H,23,24,26). The number of carboxylic acids is 1. The summed E-state index contributed by atoms with van der Waals surface area (Å²) in [6, 6.07) is 4.10. The molecule has 4 aromatic rings. The molecule has 0 amide bonds. The number of aliphatic carboxylic acids is 1. The maximum absolute atomic E-state index is 10.9. The van der Waals surface area contributed by atoms with Crippen LogP contribution in [0, 0.1) is 0 Å². The molecule has 0 bridgehead atoms. The van der Waals surface area contributed by atoms with E-state index >= 15 is 0 Å². The van der Waals surface area contributed by atoms with Gasteiger partial charge in [-0.05, 0) is 37.8 Å². The second kappa shape index (κ2) is 8.12. The van der Waals surface area contributed by atoms with E-state index in [4.69, 9.17) is 9.84 Å². The molecule has 31 heavy (non-hydrogen) atoms. The zero-order valence-corrected chi connectivity index (χ0v) is 17.8. The van der Waals surface area contributed by atoms with Crippen molar-refractivity contribution in [1.82, 2.24) is 25.5 Å². The number of H-pyrrole nitrogens is 1. The van der Waals surface area contributed by atoms with Crippen molar-refractivity contribution in [2.75, 3.05) is 18.5 Å². The number of aromatic amines is 1. The molecule has 3 aromatic heterocycles. The van der Waals surface area contributed by atoms with Gasteiger partial charge in [-0.2, -0.15) is 5.10 Å². The number of nitrogens with one attached hydrogen (secondary N) is 3. The summed E-state index contributed by atoms with van der Waals surface area (Å²) < 4.78 is 5.85. The molecule has 0 aliphatic heterocycles. The zero-order valence-electron chi connectivity index (χ0n) is 16.9. The minimum absolute atomic E-state index is 0.0196. The average Bonchev–Trinajstić information content (AvgIpc) is 3.36. The lowest BCUT2D eigenvalue weighted by Gasteiger charge is -2.23. The number of hydrogen-bond acceptors (Lipinski definition) is 8. The Kier molecular flexibility index (Phi) is 5.16. The molecule has 0 saturated carbocycles. The maximum Gasteiger partial charge on any atom is 0.317 e. The lowest BCUT2D eigenvalue weighted by molar-refractivity contribution is -0.136. The highest BCUT2D eigenvalue weighted by molar-refractivity contribution is 7.19. The van der Waals surface area contributed by atoms with Gasteiger partial charge in [-0.25, -0.2) is 9.97 Å². The molecular formula is C21H22N6O3S. The molecule has 1 unspecified atom stereocenters. The SMILES string of the molecule is CCOc1cc2[nH]ncc2cc1Nc1ncnc2sc3c(c12)CCC(NCC(=O)O)C3. The van der Waals surface area contributed by atoms with E-state index < -0.39 is 5.97 Å². The third-order valence-electron chi connectivity index (χ3n) is 5.48. The van der Waals surface area contributed by atoms with Crippen LogP contribution in [-0.4, -0.2) is 50.4 Å². The number of carbonyl (C=O) groups is 1. The first-order valence-electron chi connectivity index (χ1n) is 10.2. The third-order valence-corrected chi connectivity index (χ3v) is 6.64. The van der Waals surface area contributed by atoms with E-state index in [1.807, 2.05) is 19.1 Å². The van der Waals surface area contributed by atoms with Crippen molar-refractivity contribution in [2.45, 2.75) is 32.2 Å². The quantitative estimate of drug-likeness (QED) is 0.347. The maximum atomic E-state index is 10.9. The van der Waals surface area contributed by atoms with E-state index in [0.29, 0.717) is 6.61 Å². The molecular weight excluding hydrogens is 416 g/mol. The Balaban J connectivity index is 1.50. The summed E-state index contributed by atoms with van der Waals surface area (Å²) in [5, 5.41) is 24.6. The van der Waals surface area contributed by atoms with Crippen LogP contribution >= 0.6 is 11.3 Å². The zero-order chi connectivity index (χ0) is 21.4. The van der Waals surface area contributed by atoms with Crippen LogP contribution in [-0.2, 0) is 17.6 Å². The van der Waals surface area contributed by atoms with Gasteiger partial charge in [0.1, 0.15) is 22.7 Å². The number of carboxylic acid groups (broad SMARTS) is 1. The van der Waals surface area contributed by atoms with Gasteiger partial charge < -0.3 is 20.5 Å². The number of rotatable bonds is 7. The lowest BCUT2D eigenvalue weighted by Crippen LogP contribution is -2.37. The number of benzene rings is 1. The predicted octanol–water partition coefficient (Wildman–Crippen LogP) is 3.24. The molecule has 0 radical (unpaired) electrons. The molecule has 3 heterocycles. The fraction of sp³-hybridized carbons (Fsp3) is 0.333. The first kappa shape index (κ1) is 19.7. The molecule has 1 atom stereocenters. The fourth-order valence-corrected chi connectivity index (χ4v) is 5.35. The number of fused-ring (bicyclic) bond motifs is 4. The number of anilines is 2. The normalized spacial score (nSPS) is 15.8. The predicted molar refractivity (Wildman–Crippen MR) is 119 cm³/mol. The molecule has 0 fully saturated rings. The van der Waals surface area contributed by atoms with Gasteiger partial charge in [-0.1, -0.05) is 0 Å². The van der Waals surface area contributed by atoms with Gasteiger partial charge in [0.25, 0.3) is 0 Å². The van der Waals surface area contributed by atoms with Crippen molar-refractivity contribution < 1.29 is 14.6 Å². The molecule has 9 nitrogen and oxygen atoms in total.